The van der Waals surface area contributed by atoms with Crippen LogP contribution in [-0.4, -0.2) is 35.1 Å². The van der Waals surface area contributed by atoms with Crippen molar-refractivity contribution in [3.63, 3.8) is 0 Å². The number of fused-ring (bicyclic) bond motifs is 1. The van der Waals surface area contributed by atoms with Crippen LogP contribution in [0.3, 0.4) is 0 Å². The van der Waals surface area contributed by atoms with Gasteiger partial charge < -0.3 is 11.1 Å². The van der Waals surface area contributed by atoms with Crippen molar-refractivity contribution in [3.05, 3.63) is 30.5 Å². The number of nitrogens with zero attached hydrogens (tertiary/aromatic N) is 2. The number of aromatic nitrogens is 1. The van der Waals surface area contributed by atoms with E-state index in [4.69, 9.17) is 5.73 Å². The molecule has 0 saturated heterocycles. The number of pyridine rings is 1. The number of benzene rings is 1. The van der Waals surface area contributed by atoms with E-state index in [1.54, 1.807) is 6.20 Å². The molecule has 0 spiro atoms. The third kappa shape index (κ3) is 3.64. The molecule has 3 N–H and O–H groups in total. The van der Waals surface area contributed by atoms with E-state index in [1.165, 1.54) is 0 Å². The summed E-state index contributed by atoms with van der Waals surface area (Å²) in [5, 5.41) is 4.57. The Hall–Kier alpha value is -1.81. The highest BCUT2D eigenvalue weighted by Crippen LogP contribution is 2.27. The molecule has 0 amide bonds. The van der Waals surface area contributed by atoms with Crippen LogP contribution >= 0.6 is 0 Å². The highest BCUT2D eigenvalue weighted by molar-refractivity contribution is 5.96. The molecule has 1 heterocycles. The molecule has 2 rings (SSSR count). The number of nitrogens with two attached hydrogens (primary N) is 1. The van der Waals surface area contributed by atoms with Crippen molar-refractivity contribution in [3.8, 4) is 0 Å². The number of anilines is 2. The van der Waals surface area contributed by atoms with Gasteiger partial charge in [-0.25, -0.2) is 0 Å². The van der Waals surface area contributed by atoms with E-state index in [0.29, 0.717) is 17.8 Å². The van der Waals surface area contributed by atoms with Crippen LogP contribution in [0.15, 0.2) is 30.5 Å². The molecule has 0 aliphatic rings. The maximum Gasteiger partial charge on any atom is 0.0743 e. The van der Waals surface area contributed by atoms with Gasteiger partial charge >= 0.3 is 0 Å². The fraction of sp³-hybridized carbons (Fsp3) is 0.471. The largest absolute Gasteiger partial charge is 0.396 e. The van der Waals surface area contributed by atoms with E-state index >= 15 is 0 Å². The number of para-hydroxylation sites is 1. The van der Waals surface area contributed by atoms with Crippen molar-refractivity contribution in [2.24, 2.45) is 0 Å². The minimum absolute atomic E-state index is 0.540. The molecule has 0 radical (unpaired) electrons. The van der Waals surface area contributed by atoms with Crippen molar-refractivity contribution < 1.29 is 0 Å². The molecular formula is C17H26N4. The first-order valence-corrected chi connectivity index (χ1v) is 7.63. The lowest BCUT2D eigenvalue weighted by atomic mass is 10.1. The summed E-state index contributed by atoms with van der Waals surface area (Å²) in [5.41, 5.74) is 8.75. The van der Waals surface area contributed by atoms with Crippen molar-refractivity contribution in [1.82, 2.24) is 9.88 Å². The molecule has 1 aromatic heterocycles. The second-order valence-electron chi connectivity index (χ2n) is 5.96. The van der Waals surface area contributed by atoms with Crippen molar-refractivity contribution in [1.29, 1.82) is 0 Å². The van der Waals surface area contributed by atoms with Crippen LogP contribution < -0.4 is 11.1 Å². The van der Waals surface area contributed by atoms with Crippen LogP contribution in [0.1, 0.15) is 27.7 Å². The Morgan fingerprint density at radius 1 is 1.14 bits per heavy atom. The Morgan fingerprint density at radius 3 is 2.48 bits per heavy atom. The average molecular weight is 286 g/mol. The maximum absolute atomic E-state index is 6.08. The Labute approximate surface area is 127 Å². The van der Waals surface area contributed by atoms with E-state index in [1.807, 2.05) is 18.2 Å². The Kier molecular flexibility index (Phi) is 5.02. The molecule has 21 heavy (non-hydrogen) atoms. The predicted octanol–water partition coefficient (Wildman–Crippen LogP) is 3.35. The standard InChI is InChI=1S/C17H26N4/c1-12(2)21(13(3)4)10-9-19-17-14-7-5-6-8-16(14)20-11-15(17)18/h5-8,11-13H,9-10,18H2,1-4H3,(H,19,20). The SMILES string of the molecule is CC(C)N(CCNc1c(N)cnc2ccccc12)C(C)C. The van der Waals surface area contributed by atoms with Gasteiger partial charge in [0.1, 0.15) is 0 Å². The molecule has 1 aromatic carbocycles. The number of hydrogen-bond acceptors (Lipinski definition) is 4. The topological polar surface area (TPSA) is 54.2 Å². The first kappa shape index (κ1) is 15.6. The highest BCUT2D eigenvalue weighted by Gasteiger charge is 2.13. The molecule has 0 saturated carbocycles. The Morgan fingerprint density at radius 2 is 1.81 bits per heavy atom. The fourth-order valence-corrected chi connectivity index (χ4v) is 2.78. The second-order valence-corrected chi connectivity index (χ2v) is 5.96. The van der Waals surface area contributed by atoms with Crippen LogP contribution in [0, 0.1) is 0 Å². The van der Waals surface area contributed by atoms with Crippen molar-refractivity contribution in [2.75, 3.05) is 24.1 Å². The minimum atomic E-state index is 0.540. The number of hydrogen-bond donors (Lipinski definition) is 2. The van der Waals surface area contributed by atoms with E-state index in [2.05, 4.69) is 49.0 Å². The third-order valence-electron chi connectivity index (χ3n) is 3.80. The van der Waals surface area contributed by atoms with Crippen LogP contribution in [0.5, 0.6) is 0 Å². The molecule has 2 aromatic rings. The monoisotopic (exact) mass is 286 g/mol. The van der Waals surface area contributed by atoms with Gasteiger partial charge in [0.25, 0.3) is 0 Å². The lowest BCUT2D eigenvalue weighted by Gasteiger charge is -2.30. The summed E-state index contributed by atoms with van der Waals surface area (Å²) < 4.78 is 0. The summed E-state index contributed by atoms with van der Waals surface area (Å²) in [6, 6.07) is 9.16. The number of nitrogens with one attached hydrogen (secondary N) is 1. The zero-order valence-electron chi connectivity index (χ0n) is 13.4. The van der Waals surface area contributed by atoms with Crippen LogP contribution in [0.2, 0.25) is 0 Å². The molecule has 0 fully saturated rings. The van der Waals surface area contributed by atoms with Crippen molar-refractivity contribution in [2.45, 2.75) is 39.8 Å². The highest BCUT2D eigenvalue weighted by atomic mass is 15.2. The zero-order chi connectivity index (χ0) is 15.4. The summed E-state index contributed by atoms with van der Waals surface area (Å²) in [6.07, 6.45) is 1.73. The summed E-state index contributed by atoms with van der Waals surface area (Å²) in [4.78, 5) is 6.83. The van der Waals surface area contributed by atoms with Gasteiger partial charge in [0.2, 0.25) is 0 Å². The lowest BCUT2D eigenvalue weighted by molar-refractivity contribution is 0.182. The fourth-order valence-electron chi connectivity index (χ4n) is 2.78. The number of rotatable bonds is 6. The minimum Gasteiger partial charge on any atom is -0.396 e. The smallest absolute Gasteiger partial charge is 0.0743 e. The average Bonchev–Trinajstić information content (AvgIpc) is 2.44. The third-order valence-corrected chi connectivity index (χ3v) is 3.80. The van der Waals surface area contributed by atoms with Gasteiger partial charge in [-0.3, -0.25) is 9.88 Å². The van der Waals surface area contributed by atoms with Gasteiger partial charge in [0.15, 0.2) is 0 Å². The Balaban J connectivity index is 2.12. The summed E-state index contributed by atoms with van der Waals surface area (Å²) in [6.45, 7) is 10.8. The molecule has 4 heteroatoms. The molecule has 0 bridgehead atoms. The van der Waals surface area contributed by atoms with Crippen LogP contribution in [0.4, 0.5) is 11.4 Å². The quantitative estimate of drug-likeness (QED) is 0.855. The van der Waals surface area contributed by atoms with Gasteiger partial charge in [0.05, 0.1) is 23.1 Å². The molecule has 114 valence electrons. The van der Waals surface area contributed by atoms with Gasteiger partial charge in [-0.15, -0.1) is 0 Å². The lowest BCUT2D eigenvalue weighted by Crippen LogP contribution is -2.40. The number of nitrogen functional groups attached to an aromatic ring is 1. The van der Waals surface area contributed by atoms with Gasteiger partial charge in [-0.2, -0.15) is 0 Å². The van der Waals surface area contributed by atoms with E-state index in [-0.39, 0.29) is 0 Å². The first-order valence-electron chi connectivity index (χ1n) is 7.63. The molecule has 0 unspecified atom stereocenters. The first-order chi connectivity index (χ1) is 10.0. The van der Waals surface area contributed by atoms with Crippen molar-refractivity contribution >= 4 is 22.3 Å². The normalized spacial score (nSPS) is 11.8. The molecule has 4 nitrogen and oxygen atoms in total. The molecule has 0 atom stereocenters. The summed E-state index contributed by atoms with van der Waals surface area (Å²) >= 11 is 0. The van der Waals surface area contributed by atoms with E-state index in [0.717, 1.165) is 29.7 Å². The summed E-state index contributed by atoms with van der Waals surface area (Å²) in [7, 11) is 0. The molecule has 0 aliphatic heterocycles. The van der Waals surface area contributed by atoms with Gasteiger partial charge in [-0.05, 0) is 33.8 Å². The van der Waals surface area contributed by atoms with Crippen LogP contribution in [0.25, 0.3) is 10.9 Å². The molecular weight excluding hydrogens is 260 g/mol. The van der Waals surface area contributed by atoms with Gasteiger partial charge in [-0.1, -0.05) is 18.2 Å². The van der Waals surface area contributed by atoms with Gasteiger partial charge in [0, 0.05) is 30.6 Å². The second kappa shape index (κ2) is 6.76. The predicted molar refractivity (Wildman–Crippen MR) is 91.6 cm³/mol. The summed E-state index contributed by atoms with van der Waals surface area (Å²) in [5.74, 6) is 0. The van der Waals surface area contributed by atoms with Crippen LogP contribution in [-0.2, 0) is 0 Å². The van der Waals surface area contributed by atoms with E-state index < -0.39 is 0 Å². The molecule has 0 aliphatic carbocycles. The zero-order valence-corrected chi connectivity index (χ0v) is 13.4. The maximum atomic E-state index is 6.08. The van der Waals surface area contributed by atoms with E-state index in [9.17, 15) is 0 Å². The Bertz CT molecular complexity index is 584.